The molecule has 1 aromatic rings. The number of benzene rings is 1. The van der Waals surface area contributed by atoms with E-state index < -0.39 is 0 Å². The SMILES string of the molecule is C=C(/C=C\CC)/C(=C\C)N=C1Nc2cc(/C(=C/C)N(C)/C=C\C)ccc2C=CC1C. The molecule has 1 aromatic carbocycles. The van der Waals surface area contributed by atoms with Gasteiger partial charge < -0.3 is 10.2 Å². The molecule has 1 aliphatic rings. The molecular weight excluding hydrogens is 366 g/mol. The third-order valence-corrected chi connectivity index (χ3v) is 5.03. The second kappa shape index (κ2) is 11.2. The number of anilines is 1. The number of nitrogens with zero attached hydrogens (tertiary/aromatic N) is 2. The van der Waals surface area contributed by atoms with Crippen LogP contribution in [0, 0.1) is 5.92 Å². The van der Waals surface area contributed by atoms with Gasteiger partial charge in [0.25, 0.3) is 0 Å². The van der Waals surface area contributed by atoms with Crippen molar-refractivity contribution >= 4 is 23.3 Å². The number of hydrogen-bond donors (Lipinski definition) is 1. The van der Waals surface area contributed by atoms with E-state index in [1.54, 1.807) is 0 Å². The third-order valence-electron chi connectivity index (χ3n) is 5.03. The normalized spacial score (nSPS) is 18.6. The maximum atomic E-state index is 4.93. The molecule has 1 unspecified atom stereocenters. The largest absolute Gasteiger partial charge is 0.351 e. The predicted octanol–water partition coefficient (Wildman–Crippen LogP) is 7.41. The lowest BCUT2D eigenvalue weighted by molar-refractivity contribution is 0.653. The Kier molecular flexibility index (Phi) is 8.67. The number of aliphatic imine (C=N–C) groups is 1. The van der Waals surface area contributed by atoms with Crippen LogP contribution in [0.4, 0.5) is 5.69 Å². The van der Waals surface area contributed by atoms with Gasteiger partial charge in [-0.05, 0) is 56.2 Å². The Bertz CT molecular complexity index is 939. The van der Waals surface area contributed by atoms with Gasteiger partial charge in [0.05, 0.1) is 5.70 Å². The molecule has 0 saturated heterocycles. The van der Waals surface area contributed by atoms with Gasteiger partial charge in [0.15, 0.2) is 0 Å². The summed E-state index contributed by atoms with van der Waals surface area (Å²) < 4.78 is 0. The first-order valence-corrected chi connectivity index (χ1v) is 10.7. The minimum atomic E-state index is 0.172. The highest BCUT2D eigenvalue weighted by Gasteiger charge is 2.16. The van der Waals surface area contributed by atoms with Crippen molar-refractivity contribution in [3.8, 4) is 0 Å². The quantitative estimate of drug-likeness (QED) is 0.482. The summed E-state index contributed by atoms with van der Waals surface area (Å²) in [5.41, 5.74) is 6.35. The predicted molar refractivity (Wildman–Crippen MR) is 134 cm³/mol. The molecule has 1 N–H and O–H groups in total. The second-order valence-electron chi connectivity index (χ2n) is 7.35. The lowest BCUT2D eigenvalue weighted by Gasteiger charge is -2.20. The number of fused-ring (bicyclic) bond motifs is 1. The molecule has 1 aliphatic heterocycles. The van der Waals surface area contributed by atoms with Gasteiger partial charge in [-0.15, -0.1) is 0 Å². The van der Waals surface area contributed by atoms with Crippen LogP contribution in [0.1, 0.15) is 52.2 Å². The van der Waals surface area contributed by atoms with Crippen molar-refractivity contribution < 1.29 is 0 Å². The average Bonchev–Trinajstić information content (AvgIpc) is 2.89. The molecule has 0 aromatic heterocycles. The van der Waals surface area contributed by atoms with Crippen LogP contribution in [0.3, 0.4) is 0 Å². The van der Waals surface area contributed by atoms with E-state index in [4.69, 9.17) is 4.99 Å². The molecule has 0 amide bonds. The molecule has 1 heterocycles. The summed E-state index contributed by atoms with van der Waals surface area (Å²) >= 11 is 0. The summed E-state index contributed by atoms with van der Waals surface area (Å²) in [7, 11) is 2.07. The molecule has 3 heteroatoms. The Labute approximate surface area is 182 Å². The summed E-state index contributed by atoms with van der Waals surface area (Å²) in [5.74, 6) is 1.09. The van der Waals surface area contributed by atoms with Gasteiger partial charge in [0.1, 0.15) is 5.84 Å². The minimum absolute atomic E-state index is 0.172. The van der Waals surface area contributed by atoms with Gasteiger partial charge in [-0.1, -0.05) is 75.1 Å². The number of rotatable bonds is 7. The van der Waals surface area contributed by atoms with Crippen molar-refractivity contribution in [3.63, 3.8) is 0 Å². The molecular formula is C27H35N3. The minimum Gasteiger partial charge on any atom is -0.351 e. The Balaban J connectivity index is 2.43. The summed E-state index contributed by atoms with van der Waals surface area (Å²) in [5, 5.41) is 3.59. The first kappa shape index (κ1) is 23.2. The maximum Gasteiger partial charge on any atom is 0.113 e. The fourth-order valence-electron chi connectivity index (χ4n) is 3.36. The number of nitrogens with one attached hydrogen (secondary N) is 1. The molecule has 0 spiro atoms. The number of allylic oxidation sites excluding steroid dienone is 5. The van der Waals surface area contributed by atoms with Crippen LogP contribution in [-0.2, 0) is 0 Å². The molecule has 30 heavy (non-hydrogen) atoms. The summed E-state index contributed by atoms with van der Waals surface area (Å²) in [6.45, 7) is 14.6. The first-order chi connectivity index (χ1) is 14.4. The van der Waals surface area contributed by atoms with E-state index in [-0.39, 0.29) is 5.92 Å². The summed E-state index contributed by atoms with van der Waals surface area (Å²) in [4.78, 5) is 7.07. The first-order valence-electron chi connectivity index (χ1n) is 10.7. The van der Waals surface area contributed by atoms with Crippen LogP contribution in [0.15, 0.2) is 83.7 Å². The third kappa shape index (κ3) is 5.73. The monoisotopic (exact) mass is 401 g/mol. The highest BCUT2D eigenvalue weighted by molar-refractivity contribution is 6.02. The van der Waals surface area contributed by atoms with Crippen molar-refractivity contribution in [1.29, 1.82) is 0 Å². The Morgan fingerprint density at radius 1 is 1.23 bits per heavy atom. The zero-order valence-electron chi connectivity index (χ0n) is 19.2. The summed E-state index contributed by atoms with van der Waals surface area (Å²) in [6, 6.07) is 6.53. The van der Waals surface area contributed by atoms with Gasteiger partial charge in [-0.2, -0.15) is 0 Å². The van der Waals surface area contributed by atoms with Gasteiger partial charge >= 0.3 is 0 Å². The van der Waals surface area contributed by atoms with Gasteiger partial charge in [-0.3, -0.25) is 0 Å². The van der Waals surface area contributed by atoms with Crippen molar-refractivity contribution in [3.05, 3.63) is 89.8 Å². The lowest BCUT2D eigenvalue weighted by Crippen LogP contribution is -2.19. The fourth-order valence-corrected chi connectivity index (χ4v) is 3.36. The Morgan fingerprint density at radius 3 is 2.63 bits per heavy atom. The van der Waals surface area contributed by atoms with Crippen LogP contribution >= 0.6 is 0 Å². The molecule has 0 aliphatic carbocycles. The molecule has 3 nitrogen and oxygen atoms in total. The highest BCUT2D eigenvalue weighted by atomic mass is 15.1. The van der Waals surface area contributed by atoms with E-state index in [9.17, 15) is 0 Å². The van der Waals surface area contributed by atoms with E-state index in [0.29, 0.717) is 0 Å². The zero-order chi connectivity index (χ0) is 22.1. The van der Waals surface area contributed by atoms with Gasteiger partial charge in [-0.25, -0.2) is 4.99 Å². The molecule has 1 atom stereocenters. The van der Waals surface area contributed by atoms with Crippen LogP contribution in [0.2, 0.25) is 0 Å². The lowest BCUT2D eigenvalue weighted by atomic mass is 10.1. The Morgan fingerprint density at radius 2 is 2.00 bits per heavy atom. The number of amidine groups is 1. The van der Waals surface area contributed by atoms with Crippen LogP contribution in [0.5, 0.6) is 0 Å². The van der Waals surface area contributed by atoms with Crippen LogP contribution in [0.25, 0.3) is 11.8 Å². The standard InChI is InChI=1S/C27H35N3/c1-8-12-13-20(5)24(10-3)28-27-21(6)14-15-22-16-17-23(19-25(22)29-27)26(11-4)30(7)18-9-2/h9-19,21H,5,8H2,1-4,6-7H3,(H,28,29)/b13-12-,18-9-,24-10+,26-11-. The fraction of sp³-hybridized carbons (Fsp3) is 0.296. The molecule has 0 saturated carbocycles. The zero-order valence-corrected chi connectivity index (χ0v) is 19.2. The average molecular weight is 402 g/mol. The number of hydrogen-bond acceptors (Lipinski definition) is 2. The van der Waals surface area contributed by atoms with Gasteiger partial charge in [0, 0.05) is 24.4 Å². The molecule has 0 bridgehead atoms. The van der Waals surface area contributed by atoms with Crippen molar-refractivity contribution in [1.82, 2.24) is 4.90 Å². The molecule has 2 rings (SSSR count). The van der Waals surface area contributed by atoms with E-state index >= 15 is 0 Å². The smallest absolute Gasteiger partial charge is 0.113 e. The van der Waals surface area contributed by atoms with Crippen LogP contribution < -0.4 is 5.32 Å². The van der Waals surface area contributed by atoms with Gasteiger partial charge in [0.2, 0.25) is 0 Å². The maximum absolute atomic E-state index is 4.93. The molecule has 0 radical (unpaired) electrons. The molecule has 158 valence electrons. The molecule has 0 fully saturated rings. The van der Waals surface area contributed by atoms with E-state index in [1.807, 2.05) is 32.1 Å². The highest BCUT2D eigenvalue weighted by Crippen LogP contribution is 2.29. The Hall–Kier alpha value is -3.07. The van der Waals surface area contributed by atoms with E-state index in [2.05, 4.69) is 93.3 Å². The second-order valence-corrected chi connectivity index (χ2v) is 7.35. The van der Waals surface area contributed by atoms with Crippen LogP contribution in [-0.4, -0.2) is 17.8 Å². The van der Waals surface area contributed by atoms with E-state index in [1.165, 1.54) is 0 Å². The topological polar surface area (TPSA) is 27.6 Å². The van der Waals surface area contributed by atoms with Crippen molar-refractivity contribution in [2.45, 2.75) is 41.0 Å². The van der Waals surface area contributed by atoms with E-state index in [0.717, 1.165) is 46.0 Å². The summed E-state index contributed by atoms with van der Waals surface area (Å²) in [6.07, 6.45) is 17.7. The van der Waals surface area contributed by atoms with Crippen molar-refractivity contribution in [2.75, 3.05) is 12.4 Å². The van der Waals surface area contributed by atoms with Crippen molar-refractivity contribution in [2.24, 2.45) is 10.9 Å².